The lowest BCUT2D eigenvalue weighted by Crippen LogP contribution is -2.29. The quantitative estimate of drug-likeness (QED) is 0.455. The number of hydrogen-bond acceptors (Lipinski definition) is 4. The highest BCUT2D eigenvalue weighted by molar-refractivity contribution is 7.91. The second kappa shape index (κ2) is 10.5. The molecule has 0 fully saturated rings. The summed E-state index contributed by atoms with van der Waals surface area (Å²) in [6.45, 7) is 2.11. The molecule has 0 unspecified atom stereocenters. The van der Waals surface area contributed by atoms with Gasteiger partial charge in [-0.05, 0) is 49.6 Å². The molecule has 1 N–H and O–H groups in total. The number of amides is 1. The summed E-state index contributed by atoms with van der Waals surface area (Å²) in [5.74, 6) is -0.623. The second-order valence-electron chi connectivity index (χ2n) is 7.73. The van der Waals surface area contributed by atoms with Crippen LogP contribution in [0.4, 0.5) is 4.39 Å². The van der Waals surface area contributed by atoms with Gasteiger partial charge in [-0.25, -0.2) is 12.8 Å². The lowest BCUT2D eigenvalue weighted by atomic mass is 10.1. The van der Waals surface area contributed by atoms with Gasteiger partial charge in [-0.3, -0.25) is 9.89 Å². The lowest BCUT2D eigenvalue weighted by Gasteiger charge is -2.19. The molecular formula is C24H28FN3O3S. The Bertz CT molecular complexity index is 1170. The van der Waals surface area contributed by atoms with E-state index >= 15 is 0 Å². The number of carbonyl (C=O) groups is 1. The molecule has 1 amide bonds. The highest BCUT2D eigenvalue weighted by Gasteiger charge is 2.22. The van der Waals surface area contributed by atoms with Crippen molar-refractivity contribution in [3.8, 4) is 11.3 Å². The van der Waals surface area contributed by atoms with Crippen LogP contribution in [0.1, 0.15) is 42.2 Å². The first kappa shape index (κ1) is 23.7. The molecule has 3 aromatic rings. The Hall–Kier alpha value is -3.00. The Morgan fingerprint density at radius 3 is 2.59 bits per heavy atom. The summed E-state index contributed by atoms with van der Waals surface area (Å²) in [5, 5.41) is 7.25. The Kier molecular flexibility index (Phi) is 7.80. The summed E-state index contributed by atoms with van der Waals surface area (Å²) < 4.78 is 38.0. The van der Waals surface area contributed by atoms with E-state index in [9.17, 15) is 17.6 Å². The van der Waals surface area contributed by atoms with Crippen molar-refractivity contribution in [2.75, 3.05) is 19.3 Å². The van der Waals surface area contributed by atoms with Gasteiger partial charge in [0.1, 0.15) is 5.82 Å². The minimum absolute atomic E-state index is 0.0461. The molecule has 3 rings (SSSR count). The maximum Gasteiger partial charge on any atom is 0.254 e. The zero-order valence-electron chi connectivity index (χ0n) is 18.3. The highest BCUT2D eigenvalue weighted by atomic mass is 32.2. The number of H-pyrrole nitrogens is 1. The molecule has 0 atom stereocenters. The van der Waals surface area contributed by atoms with Crippen molar-refractivity contribution in [2.24, 2.45) is 0 Å². The van der Waals surface area contributed by atoms with Crippen LogP contribution in [0, 0.1) is 5.82 Å². The van der Waals surface area contributed by atoms with E-state index in [0.717, 1.165) is 36.9 Å². The van der Waals surface area contributed by atoms with Gasteiger partial charge in [0.25, 0.3) is 5.91 Å². The van der Waals surface area contributed by atoms with Crippen molar-refractivity contribution < 1.29 is 17.6 Å². The van der Waals surface area contributed by atoms with Gasteiger partial charge in [0.2, 0.25) is 0 Å². The number of hydrogen-bond donors (Lipinski definition) is 1. The van der Waals surface area contributed by atoms with Crippen LogP contribution in [0.25, 0.3) is 11.3 Å². The molecular weight excluding hydrogens is 429 g/mol. The van der Waals surface area contributed by atoms with E-state index in [1.165, 1.54) is 18.2 Å². The first-order valence-electron chi connectivity index (χ1n) is 10.7. The molecule has 0 saturated carbocycles. The largest absolute Gasteiger partial charge is 0.342 e. The summed E-state index contributed by atoms with van der Waals surface area (Å²) in [5.41, 5.74) is 2.65. The third-order valence-electron chi connectivity index (χ3n) is 5.37. The zero-order valence-corrected chi connectivity index (χ0v) is 19.2. The number of aryl methyl sites for hydroxylation is 1. The molecule has 170 valence electrons. The molecule has 32 heavy (non-hydrogen) atoms. The maximum atomic E-state index is 13.4. The Morgan fingerprint density at radius 2 is 1.84 bits per heavy atom. The zero-order chi connectivity index (χ0) is 23.1. The summed E-state index contributed by atoms with van der Waals surface area (Å²) >= 11 is 0. The average molecular weight is 458 g/mol. The molecule has 0 aliphatic rings. The third-order valence-corrected chi connectivity index (χ3v) is 7.16. The van der Waals surface area contributed by atoms with Gasteiger partial charge in [0.05, 0.1) is 21.9 Å². The number of nitrogens with one attached hydrogen (secondary N) is 1. The van der Waals surface area contributed by atoms with E-state index in [0.29, 0.717) is 12.2 Å². The van der Waals surface area contributed by atoms with Crippen LogP contribution >= 0.6 is 0 Å². The molecule has 0 bridgehead atoms. The molecule has 1 aromatic heterocycles. The van der Waals surface area contributed by atoms with Crippen molar-refractivity contribution in [2.45, 2.75) is 37.5 Å². The van der Waals surface area contributed by atoms with Gasteiger partial charge in [-0.15, -0.1) is 0 Å². The van der Waals surface area contributed by atoms with Gasteiger partial charge in [-0.2, -0.15) is 5.10 Å². The fraction of sp³-hybridized carbons (Fsp3) is 0.333. The predicted octanol–water partition coefficient (Wildman–Crippen LogP) is 4.49. The van der Waals surface area contributed by atoms with Crippen molar-refractivity contribution in [1.82, 2.24) is 15.1 Å². The van der Waals surface area contributed by atoms with E-state index in [1.54, 1.807) is 43.1 Å². The number of carbonyl (C=O) groups excluding carboxylic acids is 1. The smallest absolute Gasteiger partial charge is 0.254 e. The van der Waals surface area contributed by atoms with Crippen LogP contribution in [0.15, 0.2) is 59.5 Å². The third kappa shape index (κ3) is 5.82. The van der Waals surface area contributed by atoms with Gasteiger partial charge in [-0.1, -0.05) is 37.6 Å². The van der Waals surface area contributed by atoms with Gasteiger partial charge in [0.15, 0.2) is 9.84 Å². The van der Waals surface area contributed by atoms with Crippen LogP contribution in [0.3, 0.4) is 0 Å². The highest BCUT2D eigenvalue weighted by Crippen LogP contribution is 2.20. The molecule has 2 aromatic carbocycles. The number of nitrogens with zero attached hydrogens (tertiary/aromatic N) is 2. The Morgan fingerprint density at radius 1 is 1.06 bits per heavy atom. The monoisotopic (exact) mass is 457 g/mol. The van der Waals surface area contributed by atoms with Gasteiger partial charge >= 0.3 is 0 Å². The topological polar surface area (TPSA) is 83.1 Å². The average Bonchev–Trinajstić information content (AvgIpc) is 3.27. The molecule has 0 aliphatic carbocycles. The fourth-order valence-corrected chi connectivity index (χ4v) is 4.59. The molecule has 6 nitrogen and oxygen atoms in total. The van der Waals surface area contributed by atoms with Crippen LogP contribution in [0.2, 0.25) is 0 Å². The summed E-state index contributed by atoms with van der Waals surface area (Å²) in [4.78, 5) is 14.5. The Labute approximate surface area is 188 Å². The van der Waals surface area contributed by atoms with Crippen molar-refractivity contribution in [3.05, 3.63) is 71.7 Å². The van der Waals surface area contributed by atoms with Gasteiger partial charge < -0.3 is 4.90 Å². The normalized spacial score (nSPS) is 11.5. The van der Waals surface area contributed by atoms with E-state index < -0.39 is 9.84 Å². The molecule has 0 saturated heterocycles. The Balaban J connectivity index is 1.48. The molecule has 8 heteroatoms. The van der Waals surface area contributed by atoms with Crippen molar-refractivity contribution in [3.63, 3.8) is 0 Å². The van der Waals surface area contributed by atoms with Crippen LogP contribution in [0.5, 0.6) is 0 Å². The van der Waals surface area contributed by atoms with Crippen molar-refractivity contribution >= 4 is 15.7 Å². The molecule has 1 heterocycles. The fourth-order valence-electron chi connectivity index (χ4n) is 3.50. The number of benzene rings is 2. The van der Waals surface area contributed by atoms with Crippen molar-refractivity contribution in [1.29, 1.82) is 0 Å². The molecule has 0 radical (unpaired) electrons. The number of unbranched alkanes of at least 4 members (excludes halogenated alkanes) is 2. The SMILES string of the molecule is CCS(=O)(=O)c1ccccc1C(=O)N(C)CCCCCc1cc(-c2cccc(F)c2)n[nH]1. The predicted molar refractivity (Wildman–Crippen MR) is 123 cm³/mol. The van der Waals surface area contributed by atoms with Crippen LogP contribution < -0.4 is 0 Å². The number of sulfone groups is 1. The number of rotatable bonds is 10. The van der Waals surface area contributed by atoms with E-state index in [-0.39, 0.29) is 27.9 Å². The lowest BCUT2D eigenvalue weighted by molar-refractivity contribution is 0.0788. The number of aromatic nitrogens is 2. The number of halogens is 1. The minimum Gasteiger partial charge on any atom is -0.342 e. The standard InChI is InChI=1S/C24H28FN3O3S/c1-3-32(30,31)23-14-7-6-13-21(23)24(29)28(2)15-8-4-5-12-20-17-22(27-26-20)18-10-9-11-19(25)16-18/h6-7,9-11,13-14,16-17H,3-5,8,12,15H2,1-2H3,(H,26,27). The van der Waals surface area contributed by atoms with E-state index in [4.69, 9.17) is 0 Å². The molecule has 0 spiro atoms. The second-order valence-corrected chi connectivity index (χ2v) is 9.97. The minimum atomic E-state index is -3.47. The number of aromatic amines is 1. The van der Waals surface area contributed by atoms with Gasteiger partial charge in [0, 0.05) is 24.8 Å². The van der Waals surface area contributed by atoms with Crippen LogP contribution in [-0.2, 0) is 16.3 Å². The summed E-state index contributed by atoms with van der Waals surface area (Å²) in [6.07, 6.45) is 3.42. The van der Waals surface area contributed by atoms with E-state index in [2.05, 4.69) is 10.2 Å². The maximum absolute atomic E-state index is 13.4. The first-order valence-corrected chi connectivity index (χ1v) is 12.3. The summed E-state index contributed by atoms with van der Waals surface area (Å²) in [6, 6.07) is 14.6. The molecule has 0 aliphatic heterocycles. The van der Waals surface area contributed by atoms with Crippen LogP contribution in [-0.4, -0.2) is 48.8 Å². The summed E-state index contributed by atoms with van der Waals surface area (Å²) in [7, 11) is -1.77. The first-order chi connectivity index (χ1) is 15.3. The van der Waals surface area contributed by atoms with E-state index in [1.807, 2.05) is 12.1 Å².